The predicted octanol–water partition coefficient (Wildman–Crippen LogP) is 4.13. The summed E-state index contributed by atoms with van der Waals surface area (Å²) in [5.74, 6) is 0. The van der Waals surface area contributed by atoms with Crippen LogP contribution < -0.4 is 5.32 Å². The van der Waals surface area contributed by atoms with Gasteiger partial charge in [0.2, 0.25) is 0 Å². The van der Waals surface area contributed by atoms with Gasteiger partial charge in [-0.2, -0.15) is 0 Å². The molecule has 1 aromatic carbocycles. The Morgan fingerprint density at radius 1 is 1.16 bits per heavy atom. The highest BCUT2D eigenvalue weighted by molar-refractivity contribution is 7.99. The highest BCUT2D eigenvalue weighted by Gasteiger charge is 2.11. The van der Waals surface area contributed by atoms with Crippen molar-refractivity contribution in [3.05, 3.63) is 53.2 Å². The van der Waals surface area contributed by atoms with Crippen molar-refractivity contribution in [3.8, 4) is 0 Å². The molecule has 0 aliphatic rings. The van der Waals surface area contributed by atoms with Crippen molar-refractivity contribution < 1.29 is 0 Å². The number of hydrogen-bond acceptors (Lipinski definition) is 3. The molecule has 0 spiro atoms. The monoisotopic (exact) mass is 272 g/mol. The minimum atomic E-state index is 0.308. The van der Waals surface area contributed by atoms with Crippen LogP contribution in [-0.4, -0.2) is 12.0 Å². The average molecular weight is 272 g/mol. The molecule has 0 radical (unpaired) electrons. The number of benzene rings is 1. The van der Waals surface area contributed by atoms with Crippen LogP contribution in [0.5, 0.6) is 0 Å². The summed E-state index contributed by atoms with van der Waals surface area (Å²) < 4.78 is 0. The van der Waals surface area contributed by atoms with Crippen molar-refractivity contribution in [1.29, 1.82) is 0 Å². The van der Waals surface area contributed by atoms with Crippen molar-refractivity contribution >= 4 is 11.8 Å². The van der Waals surface area contributed by atoms with Crippen LogP contribution in [0.3, 0.4) is 0 Å². The van der Waals surface area contributed by atoms with E-state index in [9.17, 15) is 0 Å². The molecule has 1 N–H and O–H groups in total. The molecule has 1 aromatic heterocycles. The Hall–Kier alpha value is -1.32. The van der Waals surface area contributed by atoms with Crippen molar-refractivity contribution in [1.82, 2.24) is 10.3 Å². The van der Waals surface area contributed by atoms with Crippen LogP contribution in [0.15, 0.2) is 46.5 Å². The molecular weight excluding hydrogens is 252 g/mol. The highest BCUT2D eigenvalue weighted by Crippen LogP contribution is 2.32. The Morgan fingerprint density at radius 2 is 1.95 bits per heavy atom. The molecule has 0 fully saturated rings. The first kappa shape index (κ1) is 14.1. The van der Waals surface area contributed by atoms with Gasteiger partial charge in [0.25, 0.3) is 0 Å². The fourth-order valence-corrected chi connectivity index (χ4v) is 2.93. The van der Waals surface area contributed by atoms with Gasteiger partial charge in [-0.05, 0) is 57.1 Å². The quantitative estimate of drug-likeness (QED) is 0.906. The molecule has 0 aliphatic carbocycles. The zero-order chi connectivity index (χ0) is 13.8. The zero-order valence-electron chi connectivity index (χ0n) is 11.9. The van der Waals surface area contributed by atoms with Gasteiger partial charge in [-0.15, -0.1) is 0 Å². The fourth-order valence-electron chi connectivity index (χ4n) is 1.86. The van der Waals surface area contributed by atoms with Crippen LogP contribution >= 0.6 is 11.8 Å². The number of hydrogen-bond donors (Lipinski definition) is 1. The maximum atomic E-state index is 4.52. The van der Waals surface area contributed by atoms with Gasteiger partial charge in [0, 0.05) is 22.7 Å². The molecule has 1 atom stereocenters. The molecular formula is C16H20N2S. The molecule has 0 saturated carbocycles. The van der Waals surface area contributed by atoms with Gasteiger partial charge in [-0.3, -0.25) is 0 Å². The third-order valence-corrected chi connectivity index (χ3v) is 4.42. The molecule has 100 valence electrons. The zero-order valence-corrected chi connectivity index (χ0v) is 12.7. The molecule has 0 aliphatic heterocycles. The standard InChI is InChI=1S/C16H20N2S/c1-11-7-8-14(10-12(11)2)19-16-15(13(3)17-4)6-5-9-18-16/h5-10,13,17H,1-4H3. The summed E-state index contributed by atoms with van der Waals surface area (Å²) >= 11 is 1.73. The Morgan fingerprint density at radius 3 is 2.63 bits per heavy atom. The maximum Gasteiger partial charge on any atom is 0.105 e. The third-order valence-electron chi connectivity index (χ3n) is 3.39. The summed E-state index contributed by atoms with van der Waals surface area (Å²) in [5.41, 5.74) is 3.89. The molecule has 1 heterocycles. The van der Waals surface area contributed by atoms with Gasteiger partial charge in [0.15, 0.2) is 0 Å². The molecule has 0 bridgehead atoms. The van der Waals surface area contributed by atoms with Crippen molar-refractivity contribution in [2.75, 3.05) is 7.05 Å². The number of aromatic nitrogens is 1. The van der Waals surface area contributed by atoms with Crippen molar-refractivity contribution in [3.63, 3.8) is 0 Å². The van der Waals surface area contributed by atoms with E-state index in [4.69, 9.17) is 0 Å². The molecule has 0 saturated heterocycles. The van der Waals surface area contributed by atoms with Crippen molar-refractivity contribution in [2.24, 2.45) is 0 Å². The van der Waals surface area contributed by atoms with Crippen LogP contribution in [-0.2, 0) is 0 Å². The fraction of sp³-hybridized carbons (Fsp3) is 0.312. The van der Waals surface area contributed by atoms with Crippen LogP contribution in [0.25, 0.3) is 0 Å². The summed E-state index contributed by atoms with van der Waals surface area (Å²) in [4.78, 5) is 5.76. The van der Waals surface area contributed by atoms with E-state index in [-0.39, 0.29) is 0 Å². The minimum absolute atomic E-state index is 0.308. The SMILES string of the molecule is CNC(C)c1cccnc1Sc1ccc(C)c(C)c1. The maximum absolute atomic E-state index is 4.52. The number of aryl methyl sites for hydroxylation is 2. The lowest BCUT2D eigenvalue weighted by molar-refractivity contribution is 0.634. The first-order valence-corrected chi connectivity index (χ1v) is 7.30. The van der Waals surface area contributed by atoms with Crippen LogP contribution in [0.2, 0.25) is 0 Å². The van der Waals surface area contributed by atoms with Gasteiger partial charge >= 0.3 is 0 Å². The third kappa shape index (κ3) is 3.37. The van der Waals surface area contributed by atoms with E-state index in [1.54, 1.807) is 11.8 Å². The second kappa shape index (κ2) is 6.22. The lowest BCUT2D eigenvalue weighted by Gasteiger charge is -2.14. The van der Waals surface area contributed by atoms with E-state index < -0.39 is 0 Å². The Balaban J connectivity index is 2.30. The minimum Gasteiger partial charge on any atom is -0.313 e. The van der Waals surface area contributed by atoms with Gasteiger partial charge in [0.05, 0.1) is 0 Å². The lowest BCUT2D eigenvalue weighted by Crippen LogP contribution is -2.13. The van der Waals surface area contributed by atoms with Gasteiger partial charge in [-0.1, -0.05) is 23.9 Å². The van der Waals surface area contributed by atoms with Gasteiger partial charge in [0.1, 0.15) is 5.03 Å². The molecule has 19 heavy (non-hydrogen) atoms. The highest BCUT2D eigenvalue weighted by atomic mass is 32.2. The normalized spacial score (nSPS) is 12.4. The first-order valence-electron chi connectivity index (χ1n) is 6.49. The van der Waals surface area contributed by atoms with E-state index in [0.29, 0.717) is 6.04 Å². The molecule has 2 nitrogen and oxygen atoms in total. The lowest BCUT2D eigenvalue weighted by atomic mass is 10.1. The first-order chi connectivity index (χ1) is 9.11. The summed E-state index contributed by atoms with van der Waals surface area (Å²) in [6, 6.07) is 11.0. The van der Waals surface area contributed by atoms with Gasteiger partial charge in [-0.25, -0.2) is 4.98 Å². The predicted molar refractivity (Wildman–Crippen MR) is 81.8 cm³/mol. The van der Waals surface area contributed by atoms with E-state index in [2.05, 4.69) is 55.3 Å². The number of rotatable bonds is 4. The Labute approximate surface area is 119 Å². The second-order valence-electron chi connectivity index (χ2n) is 4.76. The van der Waals surface area contributed by atoms with E-state index >= 15 is 0 Å². The molecule has 3 heteroatoms. The van der Waals surface area contributed by atoms with E-state index in [0.717, 1.165) is 5.03 Å². The topological polar surface area (TPSA) is 24.9 Å². The summed E-state index contributed by atoms with van der Waals surface area (Å²) in [6.07, 6.45) is 1.86. The number of nitrogens with one attached hydrogen (secondary N) is 1. The second-order valence-corrected chi connectivity index (χ2v) is 5.82. The molecule has 2 rings (SSSR count). The number of nitrogens with zero attached hydrogens (tertiary/aromatic N) is 1. The van der Waals surface area contributed by atoms with Crippen molar-refractivity contribution in [2.45, 2.75) is 36.7 Å². The molecule has 2 aromatic rings. The number of pyridine rings is 1. The molecule has 1 unspecified atom stereocenters. The molecule has 0 amide bonds. The van der Waals surface area contributed by atoms with Gasteiger partial charge < -0.3 is 5.32 Å². The largest absolute Gasteiger partial charge is 0.313 e. The van der Waals surface area contributed by atoms with E-state index in [1.165, 1.54) is 21.6 Å². The van der Waals surface area contributed by atoms with Crippen LogP contribution in [0.4, 0.5) is 0 Å². The summed E-state index contributed by atoms with van der Waals surface area (Å²) in [6.45, 7) is 6.44. The van der Waals surface area contributed by atoms with Crippen LogP contribution in [0, 0.1) is 13.8 Å². The summed E-state index contributed by atoms with van der Waals surface area (Å²) in [5, 5.41) is 4.35. The Bertz CT molecular complexity index is 566. The van der Waals surface area contributed by atoms with Crippen LogP contribution in [0.1, 0.15) is 29.7 Å². The summed E-state index contributed by atoms with van der Waals surface area (Å²) in [7, 11) is 1.97. The Kier molecular flexibility index (Phi) is 4.61. The van der Waals surface area contributed by atoms with E-state index in [1.807, 2.05) is 19.3 Å². The average Bonchev–Trinajstić information content (AvgIpc) is 2.43. The smallest absolute Gasteiger partial charge is 0.105 e.